The van der Waals surface area contributed by atoms with E-state index in [-0.39, 0.29) is 6.10 Å². The van der Waals surface area contributed by atoms with Crippen LogP contribution < -0.4 is 10.5 Å². The number of rotatable bonds is 3. The highest BCUT2D eigenvalue weighted by molar-refractivity contribution is 6.29. The lowest BCUT2D eigenvalue weighted by molar-refractivity contribution is 0.0640. The van der Waals surface area contributed by atoms with E-state index < -0.39 is 0 Å². The monoisotopic (exact) mass is 213 g/mol. The summed E-state index contributed by atoms with van der Waals surface area (Å²) in [5.74, 6) is 1.15. The van der Waals surface area contributed by atoms with Crippen molar-refractivity contribution in [3.63, 3.8) is 0 Å². The van der Waals surface area contributed by atoms with Crippen molar-refractivity contribution in [2.45, 2.75) is 18.9 Å². The maximum atomic E-state index is 5.60. The second kappa shape index (κ2) is 4.11. The molecule has 0 saturated heterocycles. The molecule has 0 aromatic carbocycles. The van der Waals surface area contributed by atoms with Crippen LogP contribution in [-0.2, 0) is 0 Å². The number of hydrogen-bond acceptors (Lipinski definition) is 4. The molecule has 0 amide bonds. The number of halogens is 1. The first-order chi connectivity index (χ1) is 6.78. The molecule has 2 rings (SSSR count). The molecule has 1 aliphatic rings. The third kappa shape index (κ3) is 2.13. The quantitative estimate of drug-likeness (QED) is 0.821. The summed E-state index contributed by atoms with van der Waals surface area (Å²) in [6.45, 7) is 0.742. The third-order valence-corrected chi connectivity index (χ3v) is 2.62. The van der Waals surface area contributed by atoms with Crippen molar-refractivity contribution in [2.24, 2.45) is 11.7 Å². The molecule has 0 atom stereocenters. The summed E-state index contributed by atoms with van der Waals surface area (Å²) in [4.78, 5) is 0. The van der Waals surface area contributed by atoms with Gasteiger partial charge in [0.25, 0.3) is 0 Å². The van der Waals surface area contributed by atoms with E-state index in [2.05, 4.69) is 10.2 Å². The maximum absolute atomic E-state index is 5.60. The van der Waals surface area contributed by atoms with Crippen molar-refractivity contribution in [2.75, 3.05) is 6.54 Å². The topological polar surface area (TPSA) is 61.0 Å². The van der Waals surface area contributed by atoms with E-state index in [0.29, 0.717) is 17.0 Å². The van der Waals surface area contributed by atoms with E-state index in [4.69, 9.17) is 22.1 Å². The highest BCUT2D eigenvalue weighted by Crippen LogP contribution is 2.29. The molecule has 2 N–H and O–H groups in total. The summed E-state index contributed by atoms with van der Waals surface area (Å²) in [7, 11) is 0. The van der Waals surface area contributed by atoms with Gasteiger partial charge in [0.05, 0.1) is 0 Å². The molecule has 0 aliphatic heterocycles. The zero-order valence-electron chi connectivity index (χ0n) is 7.69. The molecule has 0 radical (unpaired) electrons. The molecule has 0 spiro atoms. The Hall–Kier alpha value is -0.870. The fraction of sp³-hybridized carbons (Fsp3) is 0.556. The van der Waals surface area contributed by atoms with Gasteiger partial charge in [-0.15, -0.1) is 10.2 Å². The van der Waals surface area contributed by atoms with Crippen molar-refractivity contribution >= 4 is 11.6 Å². The normalized spacial score (nSPS) is 25.6. The largest absolute Gasteiger partial charge is 0.473 e. The molecular weight excluding hydrogens is 202 g/mol. The fourth-order valence-electron chi connectivity index (χ4n) is 1.50. The minimum absolute atomic E-state index is 0.249. The Morgan fingerprint density at radius 3 is 2.79 bits per heavy atom. The Labute approximate surface area is 87.4 Å². The van der Waals surface area contributed by atoms with Crippen LogP contribution in [0, 0.1) is 5.92 Å². The maximum Gasteiger partial charge on any atom is 0.233 e. The van der Waals surface area contributed by atoms with Crippen LogP contribution in [0.3, 0.4) is 0 Å². The molecule has 1 aromatic rings. The Kier molecular flexibility index (Phi) is 2.84. The zero-order valence-corrected chi connectivity index (χ0v) is 8.44. The molecule has 1 aromatic heterocycles. The summed E-state index contributed by atoms with van der Waals surface area (Å²) >= 11 is 5.60. The summed E-state index contributed by atoms with van der Waals surface area (Å²) in [6.07, 6.45) is 2.28. The Bertz CT molecular complexity index is 297. The predicted molar refractivity (Wildman–Crippen MR) is 53.2 cm³/mol. The highest BCUT2D eigenvalue weighted by atomic mass is 35.5. The van der Waals surface area contributed by atoms with E-state index in [0.717, 1.165) is 19.4 Å². The lowest BCUT2D eigenvalue weighted by Crippen LogP contribution is -2.37. The average Bonchev–Trinajstić information content (AvgIpc) is 2.13. The van der Waals surface area contributed by atoms with Crippen LogP contribution in [0.2, 0.25) is 5.15 Å². The minimum Gasteiger partial charge on any atom is -0.473 e. The molecular formula is C9H12ClN3O. The van der Waals surface area contributed by atoms with Crippen molar-refractivity contribution in [3.8, 4) is 5.88 Å². The summed E-state index contributed by atoms with van der Waals surface area (Å²) in [5.41, 5.74) is 5.51. The van der Waals surface area contributed by atoms with Crippen LogP contribution in [0.1, 0.15) is 12.8 Å². The van der Waals surface area contributed by atoms with Gasteiger partial charge in [-0.1, -0.05) is 11.6 Å². The first kappa shape index (κ1) is 9.68. The van der Waals surface area contributed by atoms with Gasteiger partial charge in [0, 0.05) is 6.07 Å². The molecule has 1 saturated carbocycles. The first-order valence-electron chi connectivity index (χ1n) is 4.64. The average molecular weight is 214 g/mol. The van der Waals surface area contributed by atoms with Crippen molar-refractivity contribution < 1.29 is 4.74 Å². The molecule has 0 unspecified atom stereocenters. The first-order valence-corrected chi connectivity index (χ1v) is 5.01. The van der Waals surface area contributed by atoms with Gasteiger partial charge in [-0.05, 0) is 31.4 Å². The van der Waals surface area contributed by atoms with Gasteiger partial charge in [-0.3, -0.25) is 0 Å². The Morgan fingerprint density at radius 2 is 2.21 bits per heavy atom. The number of ether oxygens (including phenoxy) is 1. The van der Waals surface area contributed by atoms with E-state index in [1.807, 2.05) is 0 Å². The second-order valence-corrected chi connectivity index (χ2v) is 3.89. The molecule has 4 nitrogen and oxygen atoms in total. The molecule has 1 aliphatic carbocycles. The van der Waals surface area contributed by atoms with Gasteiger partial charge in [-0.2, -0.15) is 0 Å². The number of aromatic nitrogens is 2. The number of nitrogens with two attached hydrogens (primary N) is 1. The van der Waals surface area contributed by atoms with E-state index in [9.17, 15) is 0 Å². The van der Waals surface area contributed by atoms with Crippen LogP contribution in [0.5, 0.6) is 5.88 Å². The summed E-state index contributed by atoms with van der Waals surface area (Å²) in [6, 6.07) is 3.40. The van der Waals surface area contributed by atoms with Crippen LogP contribution in [0.4, 0.5) is 0 Å². The summed E-state index contributed by atoms with van der Waals surface area (Å²) in [5, 5.41) is 7.89. The second-order valence-electron chi connectivity index (χ2n) is 3.51. The number of hydrogen-bond donors (Lipinski definition) is 1. The van der Waals surface area contributed by atoms with Gasteiger partial charge in [-0.25, -0.2) is 0 Å². The van der Waals surface area contributed by atoms with E-state index >= 15 is 0 Å². The molecule has 76 valence electrons. The van der Waals surface area contributed by atoms with Crippen molar-refractivity contribution in [1.82, 2.24) is 10.2 Å². The predicted octanol–water partition coefficient (Wildman–Crippen LogP) is 1.25. The fourth-order valence-corrected chi connectivity index (χ4v) is 1.60. The molecule has 0 bridgehead atoms. The van der Waals surface area contributed by atoms with Gasteiger partial charge in [0.15, 0.2) is 5.15 Å². The lowest BCUT2D eigenvalue weighted by atomic mass is 9.82. The molecule has 14 heavy (non-hydrogen) atoms. The van der Waals surface area contributed by atoms with Crippen LogP contribution in [-0.4, -0.2) is 22.8 Å². The Balaban J connectivity index is 1.84. The highest BCUT2D eigenvalue weighted by Gasteiger charge is 2.29. The van der Waals surface area contributed by atoms with E-state index in [1.54, 1.807) is 12.1 Å². The van der Waals surface area contributed by atoms with Crippen LogP contribution >= 0.6 is 11.6 Å². The SMILES string of the molecule is NCC1CC(Oc2ccc(Cl)nn2)C1. The van der Waals surface area contributed by atoms with Gasteiger partial charge < -0.3 is 10.5 Å². The van der Waals surface area contributed by atoms with Crippen molar-refractivity contribution in [3.05, 3.63) is 17.3 Å². The smallest absolute Gasteiger partial charge is 0.233 e. The minimum atomic E-state index is 0.249. The standard InChI is InChI=1S/C9H12ClN3O/c10-8-1-2-9(13-12-8)14-7-3-6(4-7)5-11/h1-2,6-7H,3-5,11H2. The van der Waals surface area contributed by atoms with Crippen LogP contribution in [0.15, 0.2) is 12.1 Å². The van der Waals surface area contributed by atoms with Gasteiger partial charge >= 0.3 is 0 Å². The van der Waals surface area contributed by atoms with Crippen molar-refractivity contribution in [1.29, 1.82) is 0 Å². The third-order valence-electron chi connectivity index (χ3n) is 2.42. The number of nitrogens with zero attached hydrogens (tertiary/aromatic N) is 2. The lowest BCUT2D eigenvalue weighted by Gasteiger charge is -2.33. The van der Waals surface area contributed by atoms with Gasteiger partial charge in [0.2, 0.25) is 5.88 Å². The Morgan fingerprint density at radius 1 is 1.43 bits per heavy atom. The van der Waals surface area contributed by atoms with Gasteiger partial charge in [0.1, 0.15) is 6.10 Å². The van der Waals surface area contributed by atoms with E-state index in [1.165, 1.54) is 0 Å². The zero-order chi connectivity index (χ0) is 9.97. The molecule has 1 heterocycles. The van der Waals surface area contributed by atoms with Crippen LogP contribution in [0.25, 0.3) is 0 Å². The summed E-state index contributed by atoms with van der Waals surface area (Å²) < 4.78 is 5.55. The molecule has 5 heteroatoms. The molecule has 1 fully saturated rings.